The summed E-state index contributed by atoms with van der Waals surface area (Å²) in [6, 6.07) is 13.8. The predicted octanol–water partition coefficient (Wildman–Crippen LogP) is 3.20. The van der Waals surface area contributed by atoms with E-state index in [1.54, 1.807) is 0 Å². The van der Waals surface area contributed by atoms with Gasteiger partial charge < -0.3 is 9.84 Å². The highest BCUT2D eigenvalue weighted by Crippen LogP contribution is 2.34. The summed E-state index contributed by atoms with van der Waals surface area (Å²) < 4.78 is 5.73. The monoisotopic (exact) mass is 269 g/mol. The standard InChI is InChI=1S/C17H19NO2/c1-17(19)11-5-8-15-14(17)9-10-16(18-15)20-12-13-6-3-2-4-7-13/h2-4,6-7,9-10,19H,5,8,11-12H2,1H3/t17-/m1/s1. The van der Waals surface area contributed by atoms with E-state index in [4.69, 9.17) is 4.74 Å². The molecule has 1 aromatic carbocycles. The molecule has 0 saturated heterocycles. The summed E-state index contributed by atoms with van der Waals surface area (Å²) in [5.74, 6) is 0.630. The molecule has 0 unspecified atom stereocenters. The molecule has 2 aromatic rings. The van der Waals surface area contributed by atoms with Gasteiger partial charge in [-0.25, -0.2) is 4.98 Å². The van der Waals surface area contributed by atoms with Gasteiger partial charge in [0.05, 0.1) is 11.3 Å². The third-order valence-electron chi connectivity index (χ3n) is 3.84. The van der Waals surface area contributed by atoms with Crippen molar-refractivity contribution in [1.82, 2.24) is 4.98 Å². The van der Waals surface area contributed by atoms with Gasteiger partial charge in [-0.15, -0.1) is 0 Å². The number of fused-ring (bicyclic) bond motifs is 1. The van der Waals surface area contributed by atoms with Gasteiger partial charge in [0.15, 0.2) is 0 Å². The molecular formula is C17H19NO2. The van der Waals surface area contributed by atoms with Crippen molar-refractivity contribution in [3.63, 3.8) is 0 Å². The van der Waals surface area contributed by atoms with Crippen LogP contribution in [0.2, 0.25) is 0 Å². The van der Waals surface area contributed by atoms with Crippen molar-refractivity contribution in [2.75, 3.05) is 0 Å². The number of aryl methyl sites for hydroxylation is 1. The van der Waals surface area contributed by atoms with Gasteiger partial charge in [0.25, 0.3) is 0 Å². The zero-order chi connectivity index (χ0) is 14.0. The van der Waals surface area contributed by atoms with Gasteiger partial charge in [-0.3, -0.25) is 0 Å². The molecule has 0 amide bonds. The topological polar surface area (TPSA) is 42.4 Å². The molecule has 0 bridgehead atoms. The smallest absolute Gasteiger partial charge is 0.213 e. The highest BCUT2D eigenvalue weighted by atomic mass is 16.5. The maximum absolute atomic E-state index is 10.3. The second-order valence-electron chi connectivity index (χ2n) is 5.55. The van der Waals surface area contributed by atoms with Crippen LogP contribution in [0.25, 0.3) is 0 Å². The van der Waals surface area contributed by atoms with Crippen molar-refractivity contribution < 1.29 is 9.84 Å². The van der Waals surface area contributed by atoms with Crippen LogP contribution >= 0.6 is 0 Å². The Labute approximate surface area is 119 Å². The van der Waals surface area contributed by atoms with Crippen LogP contribution in [0.5, 0.6) is 5.88 Å². The summed E-state index contributed by atoms with van der Waals surface area (Å²) >= 11 is 0. The van der Waals surface area contributed by atoms with Crippen molar-refractivity contribution in [1.29, 1.82) is 0 Å². The molecule has 1 heterocycles. The first-order valence-corrected chi connectivity index (χ1v) is 7.05. The van der Waals surface area contributed by atoms with E-state index >= 15 is 0 Å². The number of ether oxygens (including phenoxy) is 1. The van der Waals surface area contributed by atoms with Crippen molar-refractivity contribution in [2.24, 2.45) is 0 Å². The van der Waals surface area contributed by atoms with Gasteiger partial charge in [-0.2, -0.15) is 0 Å². The molecule has 3 heteroatoms. The van der Waals surface area contributed by atoms with E-state index in [9.17, 15) is 5.11 Å². The van der Waals surface area contributed by atoms with Crippen LogP contribution in [0.1, 0.15) is 36.6 Å². The molecule has 0 fully saturated rings. The fraction of sp³-hybridized carbons (Fsp3) is 0.353. The average Bonchev–Trinajstić information content (AvgIpc) is 2.46. The highest BCUT2D eigenvalue weighted by molar-refractivity contribution is 5.32. The lowest BCUT2D eigenvalue weighted by Gasteiger charge is -2.30. The first kappa shape index (κ1) is 13.1. The Balaban J connectivity index is 1.76. The third-order valence-corrected chi connectivity index (χ3v) is 3.84. The Bertz CT molecular complexity index is 593. The average molecular weight is 269 g/mol. The van der Waals surface area contributed by atoms with Gasteiger partial charge in [0, 0.05) is 11.6 Å². The van der Waals surface area contributed by atoms with Crippen LogP contribution in [0.4, 0.5) is 0 Å². The van der Waals surface area contributed by atoms with E-state index in [1.807, 2.05) is 49.4 Å². The maximum atomic E-state index is 10.3. The summed E-state index contributed by atoms with van der Waals surface area (Å²) in [5.41, 5.74) is 2.28. The van der Waals surface area contributed by atoms with Crippen LogP contribution in [-0.4, -0.2) is 10.1 Å². The third kappa shape index (κ3) is 2.68. The molecule has 0 aliphatic heterocycles. The Kier molecular flexibility index (Phi) is 3.45. The van der Waals surface area contributed by atoms with E-state index in [0.29, 0.717) is 12.5 Å². The molecule has 0 saturated carbocycles. The molecule has 1 atom stereocenters. The van der Waals surface area contributed by atoms with Gasteiger partial charge in [-0.05, 0) is 37.8 Å². The van der Waals surface area contributed by atoms with Gasteiger partial charge in [-0.1, -0.05) is 30.3 Å². The quantitative estimate of drug-likeness (QED) is 0.930. The zero-order valence-electron chi connectivity index (χ0n) is 11.7. The molecule has 1 N–H and O–H groups in total. The molecule has 3 rings (SSSR count). The lowest BCUT2D eigenvalue weighted by atomic mass is 9.83. The largest absolute Gasteiger partial charge is 0.473 e. The molecule has 1 aliphatic rings. The van der Waals surface area contributed by atoms with E-state index in [-0.39, 0.29) is 0 Å². The number of rotatable bonds is 3. The van der Waals surface area contributed by atoms with Crippen LogP contribution in [-0.2, 0) is 18.6 Å². The number of hydrogen-bond acceptors (Lipinski definition) is 3. The molecule has 0 radical (unpaired) electrons. The normalized spacial score (nSPS) is 21.3. The lowest BCUT2D eigenvalue weighted by molar-refractivity contribution is 0.0377. The summed E-state index contributed by atoms with van der Waals surface area (Å²) in [6.45, 7) is 2.38. The molecule has 20 heavy (non-hydrogen) atoms. The van der Waals surface area contributed by atoms with Crippen LogP contribution < -0.4 is 4.74 Å². The van der Waals surface area contributed by atoms with Gasteiger partial charge in [0.2, 0.25) is 5.88 Å². The number of benzene rings is 1. The Morgan fingerprint density at radius 1 is 1.20 bits per heavy atom. The summed E-state index contributed by atoms with van der Waals surface area (Å²) in [6.07, 6.45) is 2.68. The van der Waals surface area contributed by atoms with E-state index in [2.05, 4.69) is 4.98 Å². The SMILES string of the molecule is C[C@@]1(O)CCCc2nc(OCc3ccccc3)ccc21. The molecule has 1 aromatic heterocycles. The fourth-order valence-corrected chi connectivity index (χ4v) is 2.71. The Hall–Kier alpha value is -1.87. The number of hydrogen-bond donors (Lipinski definition) is 1. The van der Waals surface area contributed by atoms with Crippen molar-refractivity contribution in [3.05, 3.63) is 59.3 Å². The summed E-state index contributed by atoms with van der Waals surface area (Å²) in [5, 5.41) is 10.3. The first-order valence-electron chi connectivity index (χ1n) is 7.05. The van der Waals surface area contributed by atoms with Crippen LogP contribution in [0.15, 0.2) is 42.5 Å². The first-order chi connectivity index (χ1) is 9.65. The van der Waals surface area contributed by atoms with E-state index in [1.165, 1.54) is 0 Å². The summed E-state index contributed by atoms with van der Waals surface area (Å²) in [7, 11) is 0. The minimum absolute atomic E-state index is 0.517. The number of aromatic nitrogens is 1. The highest BCUT2D eigenvalue weighted by Gasteiger charge is 2.30. The van der Waals surface area contributed by atoms with Crippen molar-refractivity contribution in [3.8, 4) is 5.88 Å². The fourth-order valence-electron chi connectivity index (χ4n) is 2.71. The Morgan fingerprint density at radius 3 is 2.80 bits per heavy atom. The van der Waals surface area contributed by atoms with Gasteiger partial charge in [0.1, 0.15) is 6.61 Å². The minimum atomic E-state index is -0.751. The minimum Gasteiger partial charge on any atom is -0.473 e. The van der Waals surface area contributed by atoms with Crippen LogP contribution in [0, 0.1) is 0 Å². The number of aliphatic hydroxyl groups is 1. The van der Waals surface area contributed by atoms with Crippen molar-refractivity contribution in [2.45, 2.75) is 38.4 Å². The number of pyridine rings is 1. The van der Waals surface area contributed by atoms with E-state index < -0.39 is 5.60 Å². The van der Waals surface area contributed by atoms with E-state index in [0.717, 1.165) is 36.1 Å². The maximum Gasteiger partial charge on any atom is 0.213 e. The van der Waals surface area contributed by atoms with Gasteiger partial charge >= 0.3 is 0 Å². The number of nitrogens with zero attached hydrogens (tertiary/aromatic N) is 1. The summed E-state index contributed by atoms with van der Waals surface area (Å²) in [4.78, 5) is 4.54. The predicted molar refractivity (Wildman–Crippen MR) is 77.5 cm³/mol. The molecule has 0 spiro atoms. The second kappa shape index (κ2) is 5.25. The zero-order valence-corrected chi connectivity index (χ0v) is 11.7. The second-order valence-corrected chi connectivity index (χ2v) is 5.55. The molecular weight excluding hydrogens is 250 g/mol. The van der Waals surface area contributed by atoms with Crippen molar-refractivity contribution >= 4 is 0 Å². The van der Waals surface area contributed by atoms with Crippen LogP contribution in [0.3, 0.4) is 0 Å². The molecule has 3 nitrogen and oxygen atoms in total. The Morgan fingerprint density at radius 2 is 2.00 bits per heavy atom. The lowest BCUT2D eigenvalue weighted by Crippen LogP contribution is -2.27. The molecule has 1 aliphatic carbocycles. The molecule has 104 valence electrons.